The van der Waals surface area contributed by atoms with Gasteiger partial charge in [-0.05, 0) is 40.6 Å². The lowest BCUT2D eigenvalue weighted by atomic mass is 10.1. The number of nitrogens with one attached hydrogen (secondary N) is 1. The molecule has 26 heavy (non-hydrogen) atoms. The minimum atomic E-state index is -0.182. The molecule has 1 aliphatic heterocycles. The first kappa shape index (κ1) is 16.3. The molecular formula is C15H17N9O2. The summed E-state index contributed by atoms with van der Waals surface area (Å²) >= 11 is 0. The lowest BCUT2D eigenvalue weighted by Crippen LogP contribution is -2.34. The van der Waals surface area contributed by atoms with E-state index in [0.29, 0.717) is 17.9 Å². The summed E-state index contributed by atoms with van der Waals surface area (Å²) in [7, 11) is 0. The highest BCUT2D eigenvalue weighted by Gasteiger charge is 2.17. The summed E-state index contributed by atoms with van der Waals surface area (Å²) in [5.41, 5.74) is 1.44. The topological polar surface area (TPSA) is 126 Å². The molecule has 0 saturated carbocycles. The number of tetrazole rings is 2. The highest BCUT2D eigenvalue weighted by molar-refractivity contribution is 5.75. The number of aromatic nitrogens is 8. The van der Waals surface area contributed by atoms with Crippen LogP contribution in [0.2, 0.25) is 0 Å². The Balaban J connectivity index is 1.44. The number of hydrogen-bond donors (Lipinski definition) is 1. The number of benzene rings is 1. The molecule has 0 bridgehead atoms. The first-order valence-electron chi connectivity index (χ1n) is 8.28. The minimum Gasteiger partial charge on any atom is -0.376 e. The first-order chi connectivity index (χ1) is 12.8. The number of para-hydroxylation sites is 1. The lowest BCUT2D eigenvalue weighted by Gasteiger charge is -2.10. The molecule has 0 radical (unpaired) electrons. The summed E-state index contributed by atoms with van der Waals surface area (Å²) in [6.07, 6.45) is 3.60. The zero-order valence-corrected chi connectivity index (χ0v) is 13.9. The molecular weight excluding hydrogens is 338 g/mol. The molecule has 1 N–H and O–H groups in total. The van der Waals surface area contributed by atoms with Gasteiger partial charge >= 0.3 is 0 Å². The molecule has 1 fully saturated rings. The minimum absolute atomic E-state index is 0.00717. The number of nitrogens with zero attached hydrogens (tertiary/aromatic N) is 8. The average Bonchev–Trinajstić information content (AvgIpc) is 3.42. The monoisotopic (exact) mass is 355 g/mol. The van der Waals surface area contributed by atoms with E-state index in [9.17, 15) is 4.79 Å². The SMILES string of the molecule is O=C(Cn1nnc(-c2ccccc2-n2cnnn2)n1)NC[C@@H]1CCCO1. The smallest absolute Gasteiger partial charge is 0.243 e. The maximum absolute atomic E-state index is 12.0. The van der Waals surface area contributed by atoms with Crippen LogP contribution in [-0.4, -0.2) is 65.6 Å². The van der Waals surface area contributed by atoms with Gasteiger partial charge in [0.15, 0.2) is 0 Å². The van der Waals surface area contributed by atoms with E-state index in [1.807, 2.05) is 24.3 Å². The maximum atomic E-state index is 12.0. The van der Waals surface area contributed by atoms with E-state index >= 15 is 0 Å². The Labute approximate surface area is 148 Å². The van der Waals surface area contributed by atoms with Gasteiger partial charge in [0.05, 0.1) is 11.8 Å². The molecule has 3 aromatic rings. The Kier molecular flexibility index (Phi) is 4.60. The van der Waals surface area contributed by atoms with Crippen LogP contribution in [0.5, 0.6) is 0 Å². The molecule has 2 aromatic heterocycles. The fourth-order valence-electron chi connectivity index (χ4n) is 2.77. The van der Waals surface area contributed by atoms with Gasteiger partial charge in [0.2, 0.25) is 11.7 Å². The molecule has 1 atom stereocenters. The standard InChI is InChI=1S/C15H17N9O2/c25-14(16-8-11-4-3-7-26-11)9-24-19-15(18-21-24)12-5-1-2-6-13(12)23-10-17-20-22-23/h1-2,5-6,10-11H,3-4,7-9H2,(H,16,25)/t11-/m0/s1. The molecule has 4 rings (SSSR count). The van der Waals surface area contributed by atoms with Gasteiger partial charge in [0.25, 0.3) is 0 Å². The summed E-state index contributed by atoms with van der Waals surface area (Å²) in [6, 6.07) is 7.41. The maximum Gasteiger partial charge on any atom is 0.243 e. The van der Waals surface area contributed by atoms with Crippen LogP contribution in [0.1, 0.15) is 12.8 Å². The van der Waals surface area contributed by atoms with Crippen LogP contribution in [0.25, 0.3) is 17.1 Å². The van der Waals surface area contributed by atoms with Gasteiger partial charge in [-0.1, -0.05) is 12.1 Å². The van der Waals surface area contributed by atoms with E-state index in [1.54, 1.807) is 0 Å². The van der Waals surface area contributed by atoms with Gasteiger partial charge in [0.1, 0.15) is 12.9 Å². The Hall–Kier alpha value is -3.21. The predicted octanol–water partition coefficient (Wildman–Crippen LogP) is -0.389. The third-order valence-corrected chi connectivity index (χ3v) is 4.03. The zero-order valence-electron chi connectivity index (χ0n) is 13.9. The highest BCUT2D eigenvalue weighted by Crippen LogP contribution is 2.21. The third kappa shape index (κ3) is 3.57. The third-order valence-electron chi connectivity index (χ3n) is 4.03. The van der Waals surface area contributed by atoms with Crippen molar-refractivity contribution >= 4 is 5.91 Å². The quantitative estimate of drug-likeness (QED) is 0.634. The molecule has 11 nitrogen and oxygen atoms in total. The van der Waals surface area contributed by atoms with Gasteiger partial charge < -0.3 is 10.1 Å². The molecule has 0 spiro atoms. The second-order valence-electron chi connectivity index (χ2n) is 5.85. The van der Waals surface area contributed by atoms with E-state index in [0.717, 1.165) is 25.1 Å². The number of amides is 1. The van der Waals surface area contributed by atoms with Crippen LogP contribution in [0.15, 0.2) is 30.6 Å². The summed E-state index contributed by atoms with van der Waals surface area (Å²) in [4.78, 5) is 13.3. The second kappa shape index (κ2) is 7.35. The second-order valence-corrected chi connectivity index (χ2v) is 5.85. The largest absolute Gasteiger partial charge is 0.376 e. The van der Waals surface area contributed by atoms with E-state index in [1.165, 1.54) is 15.8 Å². The summed E-state index contributed by atoms with van der Waals surface area (Å²) in [5, 5.41) is 26.3. The van der Waals surface area contributed by atoms with Crippen LogP contribution in [0.3, 0.4) is 0 Å². The number of hydrogen-bond acceptors (Lipinski definition) is 8. The zero-order chi connectivity index (χ0) is 17.8. The highest BCUT2D eigenvalue weighted by atomic mass is 16.5. The van der Waals surface area contributed by atoms with Gasteiger partial charge in [-0.2, -0.15) is 9.48 Å². The van der Waals surface area contributed by atoms with Crippen molar-refractivity contribution in [2.24, 2.45) is 0 Å². The molecule has 0 aliphatic carbocycles. The molecule has 1 aromatic carbocycles. The molecule has 1 aliphatic rings. The lowest BCUT2D eigenvalue weighted by molar-refractivity contribution is -0.122. The van der Waals surface area contributed by atoms with E-state index < -0.39 is 0 Å². The van der Waals surface area contributed by atoms with Crippen molar-refractivity contribution in [3.8, 4) is 17.1 Å². The van der Waals surface area contributed by atoms with E-state index in [-0.39, 0.29) is 18.6 Å². The van der Waals surface area contributed by atoms with Crippen LogP contribution in [0.4, 0.5) is 0 Å². The summed E-state index contributed by atoms with van der Waals surface area (Å²) in [5.74, 6) is 0.209. The van der Waals surface area contributed by atoms with Crippen molar-refractivity contribution < 1.29 is 9.53 Å². The number of ether oxygens (including phenoxy) is 1. The van der Waals surface area contributed by atoms with E-state index in [4.69, 9.17) is 4.74 Å². The normalized spacial score (nSPS) is 16.7. The van der Waals surface area contributed by atoms with Gasteiger partial charge in [-0.25, -0.2) is 0 Å². The molecule has 0 unspecified atom stereocenters. The van der Waals surface area contributed by atoms with Crippen molar-refractivity contribution in [1.82, 2.24) is 45.7 Å². The van der Waals surface area contributed by atoms with Crippen molar-refractivity contribution in [1.29, 1.82) is 0 Å². The van der Waals surface area contributed by atoms with Crippen molar-refractivity contribution in [2.75, 3.05) is 13.2 Å². The van der Waals surface area contributed by atoms with Crippen LogP contribution < -0.4 is 5.32 Å². The first-order valence-corrected chi connectivity index (χ1v) is 8.28. The number of carbonyl (C=O) groups is 1. The van der Waals surface area contributed by atoms with Gasteiger partial charge in [-0.3, -0.25) is 4.79 Å². The molecule has 134 valence electrons. The number of rotatable bonds is 6. The Morgan fingerprint density at radius 3 is 3.04 bits per heavy atom. The van der Waals surface area contributed by atoms with Crippen molar-refractivity contribution in [3.05, 3.63) is 30.6 Å². The molecule has 1 saturated heterocycles. The van der Waals surface area contributed by atoms with Gasteiger partial charge in [-0.15, -0.1) is 15.3 Å². The van der Waals surface area contributed by atoms with Crippen molar-refractivity contribution in [2.45, 2.75) is 25.5 Å². The van der Waals surface area contributed by atoms with Crippen LogP contribution in [0, 0.1) is 0 Å². The number of carbonyl (C=O) groups excluding carboxylic acids is 1. The fourth-order valence-corrected chi connectivity index (χ4v) is 2.77. The summed E-state index contributed by atoms with van der Waals surface area (Å²) < 4.78 is 7.00. The summed E-state index contributed by atoms with van der Waals surface area (Å²) in [6.45, 7) is 1.25. The Morgan fingerprint density at radius 2 is 2.23 bits per heavy atom. The van der Waals surface area contributed by atoms with E-state index in [2.05, 4.69) is 36.3 Å². The Morgan fingerprint density at radius 1 is 1.31 bits per heavy atom. The average molecular weight is 355 g/mol. The molecule has 1 amide bonds. The van der Waals surface area contributed by atoms with Crippen LogP contribution >= 0.6 is 0 Å². The molecule has 11 heteroatoms. The van der Waals surface area contributed by atoms with Gasteiger partial charge in [0, 0.05) is 18.7 Å². The van der Waals surface area contributed by atoms with Crippen LogP contribution in [-0.2, 0) is 16.1 Å². The van der Waals surface area contributed by atoms with Crippen molar-refractivity contribution in [3.63, 3.8) is 0 Å². The Bertz CT molecular complexity index is 871. The molecule has 3 heterocycles. The predicted molar refractivity (Wildman–Crippen MR) is 87.9 cm³/mol. The fraction of sp³-hybridized carbons (Fsp3) is 0.400.